The molecule has 1 heterocycles. The minimum atomic E-state index is -1.19. The first-order valence-corrected chi connectivity index (χ1v) is 6.43. The van der Waals surface area contributed by atoms with Gasteiger partial charge in [0.15, 0.2) is 0 Å². The number of nitrogens with one attached hydrogen (secondary N) is 1. The van der Waals surface area contributed by atoms with Gasteiger partial charge >= 0.3 is 5.97 Å². The quantitative estimate of drug-likeness (QED) is 0.469. The zero-order valence-electron chi connectivity index (χ0n) is 11.4. The number of aliphatic carboxylic acids is 1. The number of amides is 1. The maximum Gasteiger partial charge on any atom is 0.326 e. The number of aromatic nitrogens is 1. The Balaban J connectivity index is 2.99. The molecule has 21 heavy (non-hydrogen) atoms. The molecule has 1 aromatic rings. The van der Waals surface area contributed by atoms with Gasteiger partial charge in [0.1, 0.15) is 17.4 Å². The summed E-state index contributed by atoms with van der Waals surface area (Å²) in [6.45, 7) is 3.62. The van der Waals surface area contributed by atoms with Crippen molar-refractivity contribution in [3.05, 3.63) is 33.1 Å². The van der Waals surface area contributed by atoms with E-state index < -0.39 is 28.5 Å². The van der Waals surface area contributed by atoms with E-state index in [0.717, 1.165) is 12.3 Å². The van der Waals surface area contributed by atoms with E-state index in [-0.39, 0.29) is 23.1 Å². The van der Waals surface area contributed by atoms with Gasteiger partial charge in [0.2, 0.25) is 0 Å². The van der Waals surface area contributed by atoms with Crippen LogP contribution in [0.4, 0.5) is 5.69 Å². The Kier molecular flexibility index (Phi) is 5.60. The van der Waals surface area contributed by atoms with E-state index in [9.17, 15) is 19.7 Å². The van der Waals surface area contributed by atoms with Crippen LogP contribution in [0.2, 0.25) is 5.15 Å². The molecule has 0 saturated carbocycles. The summed E-state index contributed by atoms with van der Waals surface area (Å²) in [5.74, 6) is -1.96. The van der Waals surface area contributed by atoms with Gasteiger partial charge in [-0.05, 0) is 12.3 Å². The number of hydrogen-bond donors (Lipinski definition) is 2. The van der Waals surface area contributed by atoms with Crippen molar-refractivity contribution in [2.45, 2.75) is 26.3 Å². The maximum absolute atomic E-state index is 12.0. The number of carboxylic acid groups (broad SMARTS) is 1. The topological polar surface area (TPSA) is 122 Å². The fraction of sp³-hybridized carbons (Fsp3) is 0.417. The van der Waals surface area contributed by atoms with Gasteiger partial charge in [0, 0.05) is 6.07 Å². The average molecular weight is 316 g/mol. The van der Waals surface area contributed by atoms with Gasteiger partial charge in [-0.1, -0.05) is 25.4 Å². The molecule has 0 aliphatic rings. The SMILES string of the molecule is CC(C)CC(NC(=O)c1cc([N+](=O)[O-])cnc1Cl)C(=O)O. The Bertz CT molecular complexity index is 576. The number of carbonyl (C=O) groups is 2. The predicted octanol–water partition coefficient (Wildman–Crippen LogP) is 1.87. The molecule has 0 radical (unpaired) electrons. The number of nitrogens with zero attached hydrogens (tertiary/aromatic N) is 2. The third-order valence-corrected chi connectivity index (χ3v) is 2.89. The summed E-state index contributed by atoms with van der Waals surface area (Å²) in [6, 6.07) is -0.147. The highest BCUT2D eigenvalue weighted by Crippen LogP contribution is 2.19. The first-order valence-electron chi connectivity index (χ1n) is 6.06. The van der Waals surface area contributed by atoms with E-state index in [2.05, 4.69) is 10.3 Å². The third-order valence-electron chi connectivity index (χ3n) is 2.59. The van der Waals surface area contributed by atoms with Crippen LogP contribution >= 0.6 is 11.6 Å². The number of carboxylic acids is 1. The van der Waals surface area contributed by atoms with Crippen molar-refractivity contribution in [1.29, 1.82) is 0 Å². The van der Waals surface area contributed by atoms with Gasteiger partial charge in [-0.15, -0.1) is 0 Å². The van der Waals surface area contributed by atoms with Crippen molar-refractivity contribution in [2.75, 3.05) is 0 Å². The van der Waals surface area contributed by atoms with Crippen molar-refractivity contribution in [2.24, 2.45) is 5.92 Å². The molecule has 0 fully saturated rings. The third kappa shape index (κ3) is 4.67. The molecule has 8 nitrogen and oxygen atoms in total. The Morgan fingerprint density at radius 2 is 2.14 bits per heavy atom. The van der Waals surface area contributed by atoms with Crippen molar-refractivity contribution < 1.29 is 19.6 Å². The molecule has 1 aromatic heterocycles. The number of hydrogen-bond acceptors (Lipinski definition) is 5. The van der Waals surface area contributed by atoms with Crippen LogP contribution in [-0.2, 0) is 4.79 Å². The number of rotatable bonds is 6. The minimum Gasteiger partial charge on any atom is -0.480 e. The highest BCUT2D eigenvalue weighted by atomic mass is 35.5. The zero-order valence-corrected chi connectivity index (χ0v) is 12.1. The molecule has 1 atom stereocenters. The van der Waals surface area contributed by atoms with Crippen molar-refractivity contribution >= 4 is 29.2 Å². The maximum atomic E-state index is 12.0. The first kappa shape index (κ1) is 16.8. The second-order valence-electron chi connectivity index (χ2n) is 4.78. The molecule has 0 bridgehead atoms. The molecule has 2 N–H and O–H groups in total. The summed E-state index contributed by atoms with van der Waals surface area (Å²) in [6.07, 6.45) is 1.14. The van der Waals surface area contributed by atoms with E-state index in [0.29, 0.717) is 0 Å². The first-order chi connectivity index (χ1) is 9.72. The van der Waals surface area contributed by atoms with Crippen molar-refractivity contribution in [1.82, 2.24) is 10.3 Å². The monoisotopic (exact) mass is 315 g/mol. The van der Waals surface area contributed by atoms with Gasteiger partial charge in [0.25, 0.3) is 11.6 Å². The van der Waals surface area contributed by atoms with Crippen LogP contribution in [0.25, 0.3) is 0 Å². The molecular weight excluding hydrogens is 302 g/mol. The molecule has 0 saturated heterocycles. The molecule has 0 aromatic carbocycles. The van der Waals surface area contributed by atoms with E-state index in [4.69, 9.17) is 16.7 Å². The Hall–Kier alpha value is -2.22. The summed E-state index contributed by atoms with van der Waals surface area (Å²) >= 11 is 5.72. The van der Waals surface area contributed by atoms with Crippen LogP contribution in [-0.4, -0.2) is 32.9 Å². The molecule has 0 aliphatic carbocycles. The predicted molar refractivity (Wildman–Crippen MR) is 74.2 cm³/mol. The highest BCUT2D eigenvalue weighted by Gasteiger charge is 2.24. The Morgan fingerprint density at radius 3 is 2.62 bits per heavy atom. The van der Waals surface area contributed by atoms with Gasteiger partial charge in [-0.25, -0.2) is 9.78 Å². The van der Waals surface area contributed by atoms with E-state index in [1.165, 1.54) is 0 Å². The fourth-order valence-electron chi connectivity index (χ4n) is 1.63. The summed E-state index contributed by atoms with van der Waals surface area (Å²) in [7, 11) is 0. The summed E-state index contributed by atoms with van der Waals surface area (Å²) in [5.41, 5.74) is -0.638. The molecule has 1 amide bonds. The molecule has 1 rings (SSSR count). The lowest BCUT2D eigenvalue weighted by atomic mass is 10.0. The second-order valence-corrected chi connectivity index (χ2v) is 5.14. The molecule has 114 valence electrons. The average Bonchev–Trinajstić information content (AvgIpc) is 2.37. The highest BCUT2D eigenvalue weighted by molar-refractivity contribution is 6.32. The molecule has 9 heteroatoms. The number of nitro groups is 1. The molecule has 1 unspecified atom stereocenters. The standard InChI is InChI=1S/C12H14ClN3O5/c1-6(2)3-9(12(18)19)15-11(17)8-4-7(16(20)21)5-14-10(8)13/h4-6,9H,3H2,1-2H3,(H,15,17)(H,18,19). The van der Waals surface area contributed by atoms with Gasteiger partial charge < -0.3 is 10.4 Å². The van der Waals surface area contributed by atoms with Crippen LogP contribution < -0.4 is 5.32 Å². The van der Waals surface area contributed by atoms with Crippen LogP contribution in [0.3, 0.4) is 0 Å². The van der Waals surface area contributed by atoms with Gasteiger partial charge in [0.05, 0.1) is 10.5 Å². The lowest BCUT2D eigenvalue weighted by Gasteiger charge is -2.16. The van der Waals surface area contributed by atoms with Crippen molar-refractivity contribution in [3.63, 3.8) is 0 Å². The smallest absolute Gasteiger partial charge is 0.326 e. The Labute approximate surface area is 125 Å². The lowest BCUT2D eigenvalue weighted by molar-refractivity contribution is -0.385. The molecule has 0 spiro atoms. The Morgan fingerprint density at radius 1 is 1.52 bits per heavy atom. The van der Waals surface area contributed by atoms with Crippen LogP contribution in [0.1, 0.15) is 30.6 Å². The second kappa shape index (κ2) is 6.98. The summed E-state index contributed by atoms with van der Waals surface area (Å²) in [4.78, 5) is 36.6. The van der Waals surface area contributed by atoms with Gasteiger partial charge in [-0.3, -0.25) is 14.9 Å². The van der Waals surface area contributed by atoms with Crippen LogP contribution in [0.15, 0.2) is 12.3 Å². The molecule has 0 aliphatic heterocycles. The summed E-state index contributed by atoms with van der Waals surface area (Å²) < 4.78 is 0. The van der Waals surface area contributed by atoms with Crippen molar-refractivity contribution in [3.8, 4) is 0 Å². The fourth-order valence-corrected chi connectivity index (χ4v) is 1.81. The van der Waals surface area contributed by atoms with Crippen LogP contribution in [0, 0.1) is 16.0 Å². The molecular formula is C12H14ClN3O5. The normalized spacial score (nSPS) is 12.0. The summed E-state index contributed by atoms with van der Waals surface area (Å²) in [5, 5.41) is 21.8. The number of pyridine rings is 1. The lowest BCUT2D eigenvalue weighted by Crippen LogP contribution is -2.41. The van der Waals surface area contributed by atoms with E-state index in [1.54, 1.807) is 0 Å². The minimum absolute atomic E-state index is 0.0464. The number of carbonyl (C=O) groups excluding carboxylic acids is 1. The van der Waals surface area contributed by atoms with E-state index >= 15 is 0 Å². The largest absolute Gasteiger partial charge is 0.480 e. The number of halogens is 1. The van der Waals surface area contributed by atoms with Crippen LogP contribution in [0.5, 0.6) is 0 Å². The van der Waals surface area contributed by atoms with Gasteiger partial charge in [-0.2, -0.15) is 0 Å². The van der Waals surface area contributed by atoms with E-state index in [1.807, 2.05) is 13.8 Å². The zero-order chi connectivity index (χ0) is 16.2.